The molecule has 24 heavy (non-hydrogen) atoms. The molecule has 6 heteroatoms. The minimum Gasteiger partial charge on any atom is -0.367 e. The molecular formula is C18H28N4O2. The molecule has 3 aliphatic rings. The molecule has 0 bridgehead atoms. The molecule has 1 aromatic heterocycles. The van der Waals surface area contributed by atoms with Crippen LogP contribution in [-0.4, -0.2) is 64.3 Å². The van der Waals surface area contributed by atoms with Gasteiger partial charge >= 0.3 is 0 Å². The van der Waals surface area contributed by atoms with Crippen LogP contribution < -0.4 is 0 Å². The van der Waals surface area contributed by atoms with E-state index in [-0.39, 0.29) is 6.04 Å². The quantitative estimate of drug-likeness (QED) is 0.836. The first kappa shape index (κ1) is 16.1. The number of rotatable bonds is 4. The lowest BCUT2D eigenvalue weighted by Gasteiger charge is -2.42. The monoisotopic (exact) mass is 332 g/mol. The second-order valence-electron chi connectivity index (χ2n) is 7.77. The second kappa shape index (κ2) is 6.15. The molecule has 3 heterocycles. The van der Waals surface area contributed by atoms with Crippen LogP contribution in [-0.2, 0) is 22.2 Å². The van der Waals surface area contributed by atoms with E-state index in [0.29, 0.717) is 31.5 Å². The highest BCUT2D eigenvalue weighted by atomic mass is 16.5. The van der Waals surface area contributed by atoms with Gasteiger partial charge in [-0.05, 0) is 51.6 Å². The van der Waals surface area contributed by atoms with Crippen molar-refractivity contribution in [3.8, 4) is 0 Å². The number of hydrogen-bond acceptors (Lipinski definition) is 4. The molecule has 0 radical (unpaired) electrons. The first-order valence-electron chi connectivity index (χ1n) is 9.23. The van der Waals surface area contributed by atoms with Crippen molar-refractivity contribution in [2.24, 2.45) is 13.0 Å². The Labute approximate surface area is 143 Å². The summed E-state index contributed by atoms with van der Waals surface area (Å²) in [4.78, 5) is 17.8. The van der Waals surface area contributed by atoms with E-state index in [1.807, 2.05) is 24.3 Å². The summed E-state index contributed by atoms with van der Waals surface area (Å²) >= 11 is 0. The topological polar surface area (TPSA) is 50.6 Å². The van der Waals surface area contributed by atoms with Crippen molar-refractivity contribution in [3.05, 3.63) is 18.0 Å². The molecule has 2 aliphatic heterocycles. The van der Waals surface area contributed by atoms with Crippen molar-refractivity contribution in [2.75, 3.05) is 32.8 Å². The SMILES string of the molecule is Cn1cc([C@@]2(C)CN(C(=O)[C@H](C3CC3)N3CCCC3)CCO2)cn1. The fraction of sp³-hybridized carbons (Fsp3) is 0.778. The van der Waals surface area contributed by atoms with E-state index in [4.69, 9.17) is 4.74 Å². The fourth-order valence-electron chi connectivity index (χ4n) is 4.20. The third-order valence-corrected chi connectivity index (χ3v) is 5.76. The molecule has 4 rings (SSSR count). The van der Waals surface area contributed by atoms with Gasteiger partial charge in [0.05, 0.1) is 25.4 Å². The molecule has 1 saturated carbocycles. The van der Waals surface area contributed by atoms with Gasteiger partial charge in [0.25, 0.3) is 0 Å². The molecule has 1 aromatic rings. The highest BCUT2D eigenvalue weighted by Gasteiger charge is 2.45. The van der Waals surface area contributed by atoms with E-state index >= 15 is 0 Å². The Balaban J connectivity index is 1.51. The lowest BCUT2D eigenvalue weighted by Crippen LogP contribution is -2.56. The van der Waals surface area contributed by atoms with Gasteiger partial charge in [-0.3, -0.25) is 14.4 Å². The van der Waals surface area contributed by atoms with Gasteiger partial charge in [0, 0.05) is 25.4 Å². The van der Waals surface area contributed by atoms with Crippen molar-refractivity contribution < 1.29 is 9.53 Å². The third kappa shape index (κ3) is 2.97. The smallest absolute Gasteiger partial charge is 0.240 e. The van der Waals surface area contributed by atoms with Crippen LogP contribution in [0, 0.1) is 5.92 Å². The standard InChI is InChI=1S/C18H28N4O2/c1-18(15-11-19-20(2)12-15)13-22(9-10-24-18)17(23)16(14-5-6-14)21-7-3-4-8-21/h11-12,14,16H,3-10,13H2,1-2H3/t16-,18+/m0/s1. The number of carbonyl (C=O) groups excluding carboxylic acids is 1. The van der Waals surface area contributed by atoms with E-state index in [1.54, 1.807) is 4.68 Å². The van der Waals surface area contributed by atoms with E-state index in [0.717, 1.165) is 18.7 Å². The van der Waals surface area contributed by atoms with Gasteiger partial charge < -0.3 is 9.64 Å². The maximum absolute atomic E-state index is 13.3. The van der Waals surface area contributed by atoms with Crippen LogP contribution in [0.2, 0.25) is 0 Å². The average Bonchev–Trinajstić information content (AvgIpc) is 3.06. The Morgan fingerprint density at radius 2 is 2.08 bits per heavy atom. The maximum atomic E-state index is 13.3. The summed E-state index contributed by atoms with van der Waals surface area (Å²) in [6.45, 7) is 6.15. The minimum absolute atomic E-state index is 0.101. The summed E-state index contributed by atoms with van der Waals surface area (Å²) in [5.74, 6) is 0.890. The van der Waals surface area contributed by atoms with E-state index in [9.17, 15) is 4.79 Å². The first-order chi connectivity index (χ1) is 11.6. The average molecular weight is 332 g/mol. The molecule has 2 atom stereocenters. The number of hydrogen-bond donors (Lipinski definition) is 0. The second-order valence-corrected chi connectivity index (χ2v) is 7.77. The Hall–Kier alpha value is -1.40. The predicted molar refractivity (Wildman–Crippen MR) is 90.4 cm³/mol. The Kier molecular flexibility index (Phi) is 4.12. The number of aromatic nitrogens is 2. The molecular weight excluding hydrogens is 304 g/mol. The van der Waals surface area contributed by atoms with Gasteiger partial charge in [-0.15, -0.1) is 0 Å². The van der Waals surface area contributed by atoms with E-state index in [1.165, 1.54) is 25.7 Å². The molecule has 0 aromatic carbocycles. The summed E-state index contributed by atoms with van der Waals surface area (Å²) in [5, 5.41) is 4.27. The van der Waals surface area contributed by atoms with Crippen LogP contribution in [0.1, 0.15) is 38.2 Å². The molecule has 0 unspecified atom stereocenters. The zero-order valence-corrected chi connectivity index (χ0v) is 14.8. The normalized spacial score (nSPS) is 29.8. The number of likely N-dealkylation sites (tertiary alicyclic amines) is 1. The minimum atomic E-state index is -0.457. The van der Waals surface area contributed by atoms with Crippen molar-refractivity contribution in [1.29, 1.82) is 0 Å². The number of nitrogens with zero attached hydrogens (tertiary/aromatic N) is 4. The van der Waals surface area contributed by atoms with Crippen LogP contribution in [0.5, 0.6) is 0 Å². The zero-order valence-electron chi connectivity index (χ0n) is 14.8. The summed E-state index contributed by atoms with van der Waals surface area (Å²) in [7, 11) is 1.91. The molecule has 2 saturated heterocycles. The molecule has 0 N–H and O–H groups in total. The summed E-state index contributed by atoms with van der Waals surface area (Å²) in [6.07, 6.45) is 8.72. The number of ether oxygens (including phenoxy) is 1. The van der Waals surface area contributed by atoms with Crippen LogP contribution in [0.15, 0.2) is 12.4 Å². The molecule has 1 amide bonds. The largest absolute Gasteiger partial charge is 0.367 e. The highest BCUT2D eigenvalue weighted by molar-refractivity contribution is 5.83. The molecule has 1 aliphatic carbocycles. The Morgan fingerprint density at radius 1 is 1.33 bits per heavy atom. The van der Waals surface area contributed by atoms with Crippen LogP contribution in [0.4, 0.5) is 0 Å². The Bertz CT molecular complexity index is 606. The van der Waals surface area contributed by atoms with Crippen molar-refractivity contribution >= 4 is 5.91 Å². The van der Waals surface area contributed by atoms with Crippen LogP contribution in [0.3, 0.4) is 0 Å². The van der Waals surface area contributed by atoms with Crippen molar-refractivity contribution in [1.82, 2.24) is 19.6 Å². The van der Waals surface area contributed by atoms with Gasteiger partial charge in [0.2, 0.25) is 5.91 Å². The van der Waals surface area contributed by atoms with Crippen LogP contribution >= 0.6 is 0 Å². The lowest BCUT2D eigenvalue weighted by molar-refractivity contribution is -0.155. The number of morpholine rings is 1. The summed E-state index contributed by atoms with van der Waals surface area (Å²) in [6, 6.07) is 0.101. The van der Waals surface area contributed by atoms with Crippen molar-refractivity contribution in [3.63, 3.8) is 0 Å². The van der Waals surface area contributed by atoms with Gasteiger partial charge in [0.15, 0.2) is 0 Å². The van der Waals surface area contributed by atoms with Gasteiger partial charge in [-0.2, -0.15) is 5.10 Å². The van der Waals surface area contributed by atoms with Gasteiger partial charge in [-0.1, -0.05) is 0 Å². The lowest BCUT2D eigenvalue weighted by atomic mass is 9.96. The highest BCUT2D eigenvalue weighted by Crippen LogP contribution is 2.38. The molecule has 132 valence electrons. The van der Waals surface area contributed by atoms with E-state index in [2.05, 4.69) is 16.9 Å². The summed E-state index contributed by atoms with van der Waals surface area (Å²) < 4.78 is 7.86. The summed E-state index contributed by atoms with van der Waals surface area (Å²) in [5.41, 5.74) is 0.591. The number of carbonyl (C=O) groups is 1. The van der Waals surface area contributed by atoms with Crippen molar-refractivity contribution in [2.45, 2.75) is 44.2 Å². The number of amides is 1. The number of aryl methyl sites for hydroxylation is 1. The Morgan fingerprint density at radius 3 is 2.71 bits per heavy atom. The molecule has 6 nitrogen and oxygen atoms in total. The molecule has 3 fully saturated rings. The molecule has 0 spiro atoms. The van der Waals surface area contributed by atoms with Crippen LogP contribution in [0.25, 0.3) is 0 Å². The predicted octanol–water partition coefficient (Wildman–Crippen LogP) is 1.37. The third-order valence-electron chi connectivity index (χ3n) is 5.76. The van der Waals surface area contributed by atoms with Gasteiger partial charge in [0.1, 0.15) is 5.60 Å². The fourth-order valence-corrected chi connectivity index (χ4v) is 4.20. The van der Waals surface area contributed by atoms with E-state index < -0.39 is 5.60 Å². The maximum Gasteiger partial charge on any atom is 0.240 e. The zero-order chi connectivity index (χ0) is 16.7. The van der Waals surface area contributed by atoms with Gasteiger partial charge in [-0.25, -0.2) is 0 Å². The first-order valence-corrected chi connectivity index (χ1v) is 9.23.